The van der Waals surface area contributed by atoms with Crippen LogP contribution in [0.2, 0.25) is 0 Å². The van der Waals surface area contributed by atoms with Crippen LogP contribution in [-0.2, 0) is 11.3 Å². The molecule has 0 spiro atoms. The molecule has 0 aromatic heterocycles. The van der Waals surface area contributed by atoms with E-state index >= 15 is 0 Å². The molecule has 0 radical (unpaired) electrons. The summed E-state index contributed by atoms with van der Waals surface area (Å²) >= 11 is 0. The first kappa shape index (κ1) is 16.8. The van der Waals surface area contributed by atoms with Crippen molar-refractivity contribution < 1.29 is 23.2 Å². The van der Waals surface area contributed by atoms with Crippen LogP contribution in [0.3, 0.4) is 0 Å². The van der Waals surface area contributed by atoms with E-state index in [9.17, 15) is 23.2 Å². The fraction of sp³-hybridized carbons (Fsp3) is 0.167. The van der Waals surface area contributed by atoms with Gasteiger partial charge in [0, 0.05) is 25.2 Å². The van der Waals surface area contributed by atoms with Crippen LogP contribution < -0.4 is 0 Å². The SMILES string of the molecule is CN(Cc1ccc(F)cc1F)C(=O)CN1C(=O)c2ccccc2C1=O. The Kier molecular flexibility index (Phi) is 4.31. The first-order valence-corrected chi connectivity index (χ1v) is 7.51. The van der Waals surface area contributed by atoms with E-state index in [0.29, 0.717) is 0 Å². The van der Waals surface area contributed by atoms with Gasteiger partial charge < -0.3 is 4.90 Å². The Morgan fingerprint density at radius 2 is 1.64 bits per heavy atom. The van der Waals surface area contributed by atoms with E-state index in [4.69, 9.17) is 0 Å². The van der Waals surface area contributed by atoms with Crippen molar-refractivity contribution in [2.24, 2.45) is 0 Å². The van der Waals surface area contributed by atoms with Crippen molar-refractivity contribution >= 4 is 17.7 Å². The molecule has 0 bridgehead atoms. The van der Waals surface area contributed by atoms with E-state index in [-0.39, 0.29) is 23.2 Å². The first-order valence-electron chi connectivity index (χ1n) is 7.51. The summed E-state index contributed by atoms with van der Waals surface area (Å²) in [4.78, 5) is 38.8. The number of hydrogen-bond acceptors (Lipinski definition) is 3. The van der Waals surface area contributed by atoms with Crippen LogP contribution in [-0.4, -0.2) is 41.1 Å². The third-order valence-corrected chi connectivity index (χ3v) is 4.02. The number of carbonyl (C=O) groups is 3. The van der Waals surface area contributed by atoms with Gasteiger partial charge in [0.15, 0.2) is 0 Å². The van der Waals surface area contributed by atoms with Gasteiger partial charge in [-0.1, -0.05) is 18.2 Å². The number of imide groups is 1. The van der Waals surface area contributed by atoms with Crippen LogP contribution in [0, 0.1) is 11.6 Å². The molecule has 1 aliphatic heterocycles. The van der Waals surface area contributed by atoms with E-state index < -0.39 is 35.9 Å². The number of benzene rings is 2. The van der Waals surface area contributed by atoms with Gasteiger partial charge in [0.25, 0.3) is 11.8 Å². The lowest BCUT2D eigenvalue weighted by Crippen LogP contribution is -2.41. The Morgan fingerprint density at radius 1 is 1.04 bits per heavy atom. The first-order chi connectivity index (χ1) is 11.9. The summed E-state index contributed by atoms with van der Waals surface area (Å²) < 4.78 is 26.6. The monoisotopic (exact) mass is 344 g/mol. The maximum atomic E-state index is 13.7. The van der Waals surface area contributed by atoms with Crippen LogP contribution in [0.25, 0.3) is 0 Å². The third kappa shape index (κ3) is 3.13. The highest BCUT2D eigenvalue weighted by molar-refractivity contribution is 6.22. The molecule has 2 aromatic rings. The maximum absolute atomic E-state index is 13.7. The smallest absolute Gasteiger partial charge is 0.262 e. The average molecular weight is 344 g/mol. The fourth-order valence-corrected chi connectivity index (χ4v) is 2.63. The molecule has 25 heavy (non-hydrogen) atoms. The molecule has 3 amide bonds. The Bertz CT molecular complexity index is 847. The van der Waals surface area contributed by atoms with Crippen molar-refractivity contribution in [3.05, 3.63) is 70.8 Å². The average Bonchev–Trinajstić information content (AvgIpc) is 2.82. The van der Waals surface area contributed by atoms with Crippen molar-refractivity contribution in [1.82, 2.24) is 9.80 Å². The zero-order valence-electron chi connectivity index (χ0n) is 13.3. The normalized spacial score (nSPS) is 13.2. The second-order valence-corrected chi connectivity index (χ2v) is 5.73. The highest BCUT2D eigenvalue weighted by atomic mass is 19.1. The van der Waals surface area contributed by atoms with Crippen LogP contribution in [0.15, 0.2) is 42.5 Å². The molecule has 7 heteroatoms. The van der Waals surface area contributed by atoms with Gasteiger partial charge in [0.2, 0.25) is 5.91 Å². The predicted molar refractivity (Wildman–Crippen MR) is 84.6 cm³/mol. The zero-order valence-corrected chi connectivity index (χ0v) is 13.3. The number of rotatable bonds is 4. The number of halogens is 2. The molecule has 0 unspecified atom stereocenters. The standard InChI is InChI=1S/C18H14F2N2O3/c1-21(9-11-6-7-12(19)8-15(11)20)16(23)10-22-17(24)13-4-2-3-5-14(13)18(22)25/h2-8H,9-10H2,1H3. The van der Waals surface area contributed by atoms with Gasteiger partial charge in [-0.2, -0.15) is 0 Å². The molecule has 0 fully saturated rings. The Morgan fingerprint density at radius 3 is 2.20 bits per heavy atom. The molecule has 0 atom stereocenters. The zero-order chi connectivity index (χ0) is 18.1. The number of fused-ring (bicyclic) bond motifs is 1. The Hall–Kier alpha value is -3.09. The van der Waals surface area contributed by atoms with Gasteiger partial charge in [0.1, 0.15) is 18.2 Å². The van der Waals surface area contributed by atoms with Crippen LogP contribution in [0.1, 0.15) is 26.3 Å². The molecule has 1 heterocycles. The van der Waals surface area contributed by atoms with E-state index in [1.807, 2.05) is 0 Å². The number of nitrogens with zero attached hydrogens (tertiary/aromatic N) is 2. The molecule has 5 nitrogen and oxygen atoms in total. The molecule has 3 rings (SSSR count). The highest BCUT2D eigenvalue weighted by Gasteiger charge is 2.36. The van der Waals surface area contributed by atoms with Crippen molar-refractivity contribution in [3.8, 4) is 0 Å². The van der Waals surface area contributed by atoms with Gasteiger partial charge in [-0.25, -0.2) is 8.78 Å². The molecular weight excluding hydrogens is 330 g/mol. The van der Waals surface area contributed by atoms with Crippen LogP contribution in [0.5, 0.6) is 0 Å². The highest BCUT2D eigenvalue weighted by Crippen LogP contribution is 2.22. The summed E-state index contributed by atoms with van der Waals surface area (Å²) in [5.74, 6) is -3.06. The minimum atomic E-state index is -0.764. The summed E-state index contributed by atoms with van der Waals surface area (Å²) in [6.45, 7) is -0.542. The van der Waals surface area contributed by atoms with Crippen molar-refractivity contribution in [3.63, 3.8) is 0 Å². The molecule has 0 saturated carbocycles. The molecule has 0 N–H and O–H groups in total. The van der Waals surface area contributed by atoms with Crippen molar-refractivity contribution in [2.45, 2.75) is 6.54 Å². The van der Waals surface area contributed by atoms with Crippen LogP contribution >= 0.6 is 0 Å². The number of carbonyl (C=O) groups excluding carboxylic acids is 3. The van der Waals surface area contributed by atoms with E-state index in [2.05, 4.69) is 0 Å². The number of hydrogen-bond donors (Lipinski definition) is 0. The minimum absolute atomic E-state index is 0.103. The topological polar surface area (TPSA) is 57.7 Å². The molecule has 128 valence electrons. The number of likely N-dealkylation sites (N-methyl/N-ethyl adjacent to an activating group) is 1. The van der Waals surface area contributed by atoms with Gasteiger partial charge in [0.05, 0.1) is 11.1 Å². The van der Waals surface area contributed by atoms with E-state index in [1.165, 1.54) is 30.1 Å². The van der Waals surface area contributed by atoms with E-state index in [0.717, 1.165) is 17.0 Å². The largest absolute Gasteiger partial charge is 0.340 e. The quantitative estimate of drug-likeness (QED) is 0.799. The Balaban J connectivity index is 1.70. The summed E-state index contributed by atoms with van der Waals surface area (Å²) in [5, 5.41) is 0. The molecule has 0 aliphatic carbocycles. The predicted octanol–water partition coefficient (Wildman–Crippen LogP) is 2.22. The molecule has 1 aliphatic rings. The Labute approximate surface area is 142 Å². The summed E-state index contributed by atoms with van der Waals surface area (Å²) in [7, 11) is 1.42. The van der Waals surface area contributed by atoms with Crippen molar-refractivity contribution in [2.75, 3.05) is 13.6 Å². The van der Waals surface area contributed by atoms with E-state index in [1.54, 1.807) is 12.1 Å². The lowest BCUT2D eigenvalue weighted by atomic mass is 10.1. The van der Waals surface area contributed by atoms with Crippen molar-refractivity contribution in [1.29, 1.82) is 0 Å². The summed E-state index contributed by atoms with van der Waals surface area (Å²) in [5.41, 5.74) is 0.652. The van der Waals surface area contributed by atoms with Gasteiger partial charge in [-0.15, -0.1) is 0 Å². The molecule has 2 aromatic carbocycles. The lowest BCUT2D eigenvalue weighted by molar-refractivity contribution is -0.130. The lowest BCUT2D eigenvalue weighted by Gasteiger charge is -2.21. The fourth-order valence-electron chi connectivity index (χ4n) is 2.63. The maximum Gasteiger partial charge on any atom is 0.262 e. The third-order valence-electron chi connectivity index (χ3n) is 4.02. The minimum Gasteiger partial charge on any atom is -0.340 e. The molecule has 0 saturated heterocycles. The molecular formula is C18H14F2N2O3. The summed E-state index contributed by atoms with van der Waals surface area (Å²) in [6.07, 6.45) is 0. The van der Waals surface area contributed by atoms with Gasteiger partial charge in [-0.3, -0.25) is 19.3 Å². The number of amides is 3. The second-order valence-electron chi connectivity index (χ2n) is 5.73. The van der Waals surface area contributed by atoms with Gasteiger partial charge in [-0.05, 0) is 18.2 Å². The summed E-state index contributed by atoms with van der Waals surface area (Å²) in [6, 6.07) is 9.40. The van der Waals surface area contributed by atoms with Gasteiger partial charge >= 0.3 is 0 Å². The second kappa shape index (κ2) is 6.43. The van der Waals surface area contributed by atoms with Crippen LogP contribution in [0.4, 0.5) is 8.78 Å².